The first-order chi connectivity index (χ1) is 7.79. The van der Waals surface area contributed by atoms with Crippen molar-refractivity contribution in [2.45, 2.75) is 47.1 Å². The Balaban J connectivity index is 3.72. The van der Waals surface area contributed by atoms with E-state index in [2.05, 4.69) is 10.6 Å². The summed E-state index contributed by atoms with van der Waals surface area (Å²) >= 11 is 0. The fourth-order valence-corrected chi connectivity index (χ4v) is 0.961. The molecular weight excluding hydrogens is 220 g/mol. The van der Waals surface area contributed by atoms with Crippen LogP contribution >= 0.6 is 0 Å². The standard InChI is InChI=1S/C12H24N2O3/c1-6-12(4,5)10(15)17-8-7-13-11(16)14-9(2)3/h9H,6-8H2,1-5H3,(H2,13,14,16). The van der Waals surface area contributed by atoms with Crippen molar-refractivity contribution in [2.75, 3.05) is 13.2 Å². The number of carbonyl (C=O) groups excluding carboxylic acids is 2. The molecule has 5 heteroatoms. The first-order valence-corrected chi connectivity index (χ1v) is 6.01. The van der Waals surface area contributed by atoms with Crippen molar-refractivity contribution in [3.8, 4) is 0 Å². The van der Waals surface area contributed by atoms with E-state index in [0.29, 0.717) is 6.54 Å². The van der Waals surface area contributed by atoms with Crippen LogP contribution in [0.25, 0.3) is 0 Å². The quantitative estimate of drug-likeness (QED) is 0.551. The molecule has 0 radical (unpaired) electrons. The van der Waals surface area contributed by atoms with Gasteiger partial charge in [0.05, 0.1) is 12.0 Å². The zero-order valence-corrected chi connectivity index (χ0v) is 11.4. The minimum absolute atomic E-state index is 0.0941. The van der Waals surface area contributed by atoms with Crippen LogP contribution in [0.15, 0.2) is 0 Å². The summed E-state index contributed by atoms with van der Waals surface area (Å²) in [5.74, 6) is -0.230. The van der Waals surface area contributed by atoms with Gasteiger partial charge >= 0.3 is 12.0 Å². The van der Waals surface area contributed by atoms with E-state index < -0.39 is 5.41 Å². The average molecular weight is 244 g/mol. The Morgan fingerprint density at radius 1 is 1.29 bits per heavy atom. The molecule has 0 fully saturated rings. The van der Waals surface area contributed by atoms with Crippen LogP contribution in [0, 0.1) is 5.41 Å². The number of rotatable bonds is 6. The summed E-state index contributed by atoms with van der Waals surface area (Å²) in [5, 5.41) is 5.29. The van der Waals surface area contributed by atoms with E-state index in [1.807, 2.05) is 34.6 Å². The topological polar surface area (TPSA) is 67.4 Å². The van der Waals surface area contributed by atoms with Crippen molar-refractivity contribution >= 4 is 12.0 Å². The molecule has 0 aromatic heterocycles. The Bertz CT molecular complexity index is 262. The van der Waals surface area contributed by atoms with Crippen molar-refractivity contribution in [3.63, 3.8) is 0 Å². The van der Waals surface area contributed by atoms with Gasteiger partial charge in [0.15, 0.2) is 0 Å². The zero-order chi connectivity index (χ0) is 13.5. The predicted octanol–water partition coefficient (Wildman–Crippen LogP) is 1.67. The number of amides is 2. The Kier molecular flexibility index (Phi) is 6.61. The molecule has 0 atom stereocenters. The molecule has 5 nitrogen and oxygen atoms in total. The molecule has 0 heterocycles. The van der Waals surface area contributed by atoms with E-state index >= 15 is 0 Å². The minimum atomic E-state index is -0.458. The number of esters is 1. The van der Waals surface area contributed by atoms with Gasteiger partial charge in [-0.15, -0.1) is 0 Å². The summed E-state index contributed by atoms with van der Waals surface area (Å²) in [4.78, 5) is 22.8. The molecule has 0 aliphatic heterocycles. The van der Waals surface area contributed by atoms with Crippen LogP contribution in [0.4, 0.5) is 4.79 Å². The van der Waals surface area contributed by atoms with Gasteiger partial charge in [0, 0.05) is 6.04 Å². The van der Waals surface area contributed by atoms with E-state index in [1.54, 1.807) is 0 Å². The molecule has 100 valence electrons. The predicted molar refractivity (Wildman–Crippen MR) is 66.7 cm³/mol. The molecule has 2 N–H and O–H groups in total. The summed E-state index contributed by atoms with van der Waals surface area (Å²) in [6.45, 7) is 9.91. The van der Waals surface area contributed by atoms with Gasteiger partial charge < -0.3 is 15.4 Å². The minimum Gasteiger partial charge on any atom is -0.463 e. The van der Waals surface area contributed by atoms with Crippen molar-refractivity contribution in [2.24, 2.45) is 5.41 Å². The van der Waals surface area contributed by atoms with Gasteiger partial charge in [0.25, 0.3) is 0 Å². The third-order valence-electron chi connectivity index (χ3n) is 2.48. The molecule has 0 unspecified atom stereocenters. The molecular formula is C12H24N2O3. The summed E-state index contributed by atoms with van der Waals surface area (Å²) in [6.07, 6.45) is 0.729. The molecule has 0 aromatic carbocycles. The van der Waals surface area contributed by atoms with Crippen molar-refractivity contribution in [1.29, 1.82) is 0 Å². The highest BCUT2D eigenvalue weighted by Gasteiger charge is 2.26. The van der Waals surface area contributed by atoms with Crippen LogP contribution in [0.3, 0.4) is 0 Å². The van der Waals surface area contributed by atoms with Gasteiger partial charge in [-0.2, -0.15) is 0 Å². The number of urea groups is 1. The lowest BCUT2D eigenvalue weighted by Crippen LogP contribution is -2.41. The molecule has 0 saturated heterocycles. The lowest BCUT2D eigenvalue weighted by molar-refractivity contribution is -0.153. The van der Waals surface area contributed by atoms with Gasteiger partial charge in [0.1, 0.15) is 6.61 Å². The normalized spacial score (nSPS) is 11.2. The van der Waals surface area contributed by atoms with Crippen LogP contribution in [0.2, 0.25) is 0 Å². The average Bonchev–Trinajstić information content (AvgIpc) is 2.23. The molecule has 2 amide bonds. The Morgan fingerprint density at radius 2 is 1.88 bits per heavy atom. The number of hydrogen-bond acceptors (Lipinski definition) is 3. The largest absolute Gasteiger partial charge is 0.463 e. The van der Waals surface area contributed by atoms with E-state index in [1.165, 1.54) is 0 Å². The van der Waals surface area contributed by atoms with Gasteiger partial charge in [-0.3, -0.25) is 4.79 Å². The van der Waals surface area contributed by atoms with Crippen LogP contribution in [-0.4, -0.2) is 31.2 Å². The highest BCUT2D eigenvalue weighted by Crippen LogP contribution is 2.21. The first kappa shape index (κ1) is 15.7. The van der Waals surface area contributed by atoms with E-state index in [4.69, 9.17) is 4.74 Å². The van der Waals surface area contributed by atoms with E-state index in [0.717, 1.165) is 6.42 Å². The first-order valence-electron chi connectivity index (χ1n) is 6.01. The van der Waals surface area contributed by atoms with Crippen LogP contribution in [-0.2, 0) is 9.53 Å². The Morgan fingerprint density at radius 3 is 2.35 bits per heavy atom. The van der Waals surface area contributed by atoms with E-state index in [9.17, 15) is 9.59 Å². The van der Waals surface area contributed by atoms with Crippen LogP contribution in [0.1, 0.15) is 41.0 Å². The lowest BCUT2D eigenvalue weighted by atomic mass is 9.91. The van der Waals surface area contributed by atoms with E-state index in [-0.39, 0.29) is 24.6 Å². The SMILES string of the molecule is CCC(C)(C)C(=O)OCCNC(=O)NC(C)C. The summed E-state index contributed by atoms with van der Waals surface area (Å²) in [6, 6.07) is -0.151. The molecule has 0 spiro atoms. The third kappa shape index (κ3) is 6.81. The van der Waals surface area contributed by atoms with Gasteiger partial charge in [-0.25, -0.2) is 4.79 Å². The van der Waals surface area contributed by atoms with Gasteiger partial charge in [-0.1, -0.05) is 6.92 Å². The highest BCUT2D eigenvalue weighted by atomic mass is 16.5. The molecule has 17 heavy (non-hydrogen) atoms. The summed E-state index contributed by atoms with van der Waals surface area (Å²) < 4.78 is 5.07. The molecule has 0 aromatic rings. The van der Waals surface area contributed by atoms with Crippen molar-refractivity contribution in [1.82, 2.24) is 10.6 Å². The highest BCUT2D eigenvalue weighted by molar-refractivity contribution is 5.76. The molecule has 0 saturated carbocycles. The molecule has 0 aliphatic carbocycles. The second kappa shape index (κ2) is 7.14. The lowest BCUT2D eigenvalue weighted by Gasteiger charge is -2.20. The van der Waals surface area contributed by atoms with Gasteiger partial charge in [-0.05, 0) is 34.1 Å². The molecule has 0 rings (SSSR count). The maximum atomic E-state index is 11.6. The number of ether oxygens (including phenoxy) is 1. The number of carbonyl (C=O) groups is 2. The van der Waals surface area contributed by atoms with Crippen molar-refractivity contribution < 1.29 is 14.3 Å². The smallest absolute Gasteiger partial charge is 0.315 e. The summed E-state index contributed by atoms with van der Waals surface area (Å²) in [7, 11) is 0. The van der Waals surface area contributed by atoms with Crippen LogP contribution in [0.5, 0.6) is 0 Å². The number of hydrogen-bond donors (Lipinski definition) is 2. The molecule has 0 aliphatic rings. The fraction of sp³-hybridized carbons (Fsp3) is 0.833. The third-order valence-corrected chi connectivity index (χ3v) is 2.48. The van der Waals surface area contributed by atoms with Crippen LogP contribution < -0.4 is 10.6 Å². The summed E-state index contributed by atoms with van der Waals surface area (Å²) in [5.41, 5.74) is -0.458. The fourth-order valence-electron chi connectivity index (χ4n) is 0.961. The second-order valence-corrected chi connectivity index (χ2v) is 4.93. The van der Waals surface area contributed by atoms with Crippen molar-refractivity contribution in [3.05, 3.63) is 0 Å². The monoisotopic (exact) mass is 244 g/mol. The zero-order valence-electron chi connectivity index (χ0n) is 11.4. The maximum absolute atomic E-state index is 11.6. The second-order valence-electron chi connectivity index (χ2n) is 4.93. The Hall–Kier alpha value is -1.26. The van der Waals surface area contributed by atoms with Gasteiger partial charge in [0.2, 0.25) is 0 Å². The Labute approximate surface area is 103 Å². The maximum Gasteiger partial charge on any atom is 0.315 e. The molecule has 0 bridgehead atoms. The number of nitrogens with one attached hydrogen (secondary N) is 2.